The first kappa shape index (κ1) is 16.1. The van der Waals surface area contributed by atoms with E-state index in [9.17, 15) is 9.59 Å². The van der Waals surface area contributed by atoms with Crippen LogP contribution in [0.1, 0.15) is 11.1 Å². The number of benzene rings is 2. The molecule has 2 aromatic carbocycles. The molecule has 24 heavy (non-hydrogen) atoms. The molecule has 1 atom stereocenters. The number of nitrogens with zero attached hydrogens (tertiary/aromatic N) is 1. The fourth-order valence-electron chi connectivity index (χ4n) is 2.70. The lowest BCUT2D eigenvalue weighted by molar-refractivity contribution is -0.139. The highest BCUT2D eigenvalue weighted by atomic mass is 16.5. The van der Waals surface area contributed by atoms with Crippen LogP contribution < -0.4 is 10.1 Å². The van der Waals surface area contributed by atoms with Crippen LogP contribution in [0.2, 0.25) is 0 Å². The standard InChI is InChI=1S/C19H20N2O3/c1-13-7-9-15(10-8-13)20-18(22)12-21(2)19(23)17-11-14-5-3-4-6-16(14)24-17/h3-10,17H,11-12H2,1-2H3,(H,20,22)/t17-/m0/s1. The van der Waals surface area contributed by atoms with Crippen molar-refractivity contribution in [1.29, 1.82) is 0 Å². The smallest absolute Gasteiger partial charge is 0.264 e. The first-order valence-electron chi connectivity index (χ1n) is 7.89. The number of fused-ring (bicyclic) bond motifs is 1. The Morgan fingerprint density at radius 2 is 1.88 bits per heavy atom. The molecular formula is C19H20N2O3. The third kappa shape index (κ3) is 3.56. The Kier molecular flexibility index (Phi) is 4.51. The quantitative estimate of drug-likeness (QED) is 0.939. The highest BCUT2D eigenvalue weighted by molar-refractivity contribution is 5.95. The van der Waals surface area contributed by atoms with Crippen LogP contribution in [0.5, 0.6) is 5.75 Å². The van der Waals surface area contributed by atoms with Crippen LogP contribution in [-0.4, -0.2) is 36.4 Å². The number of carbonyl (C=O) groups excluding carboxylic acids is 2. The molecular weight excluding hydrogens is 304 g/mol. The van der Waals surface area contributed by atoms with Gasteiger partial charge in [-0.1, -0.05) is 35.9 Å². The number of nitrogens with one attached hydrogen (secondary N) is 1. The zero-order chi connectivity index (χ0) is 17.1. The van der Waals surface area contributed by atoms with Crippen molar-refractivity contribution < 1.29 is 14.3 Å². The molecule has 1 aliphatic rings. The molecule has 0 saturated carbocycles. The van der Waals surface area contributed by atoms with Crippen molar-refractivity contribution in [3.05, 3.63) is 59.7 Å². The number of carbonyl (C=O) groups is 2. The van der Waals surface area contributed by atoms with E-state index in [1.165, 1.54) is 4.90 Å². The first-order valence-corrected chi connectivity index (χ1v) is 7.89. The summed E-state index contributed by atoms with van der Waals surface area (Å²) in [7, 11) is 1.61. The van der Waals surface area contributed by atoms with E-state index in [0.29, 0.717) is 6.42 Å². The van der Waals surface area contributed by atoms with Gasteiger partial charge in [0, 0.05) is 19.2 Å². The van der Waals surface area contributed by atoms with Crippen molar-refractivity contribution >= 4 is 17.5 Å². The van der Waals surface area contributed by atoms with Crippen LogP contribution in [0.3, 0.4) is 0 Å². The van der Waals surface area contributed by atoms with Gasteiger partial charge in [-0.2, -0.15) is 0 Å². The molecule has 124 valence electrons. The van der Waals surface area contributed by atoms with Crippen molar-refractivity contribution in [3.63, 3.8) is 0 Å². The topological polar surface area (TPSA) is 58.6 Å². The molecule has 0 aliphatic carbocycles. The van der Waals surface area contributed by atoms with E-state index in [0.717, 1.165) is 22.6 Å². The maximum absolute atomic E-state index is 12.5. The van der Waals surface area contributed by atoms with Gasteiger partial charge in [-0.25, -0.2) is 0 Å². The van der Waals surface area contributed by atoms with Crippen molar-refractivity contribution in [2.24, 2.45) is 0 Å². The van der Waals surface area contributed by atoms with E-state index >= 15 is 0 Å². The van der Waals surface area contributed by atoms with Gasteiger partial charge in [0.1, 0.15) is 5.75 Å². The van der Waals surface area contributed by atoms with Crippen molar-refractivity contribution in [1.82, 2.24) is 4.90 Å². The van der Waals surface area contributed by atoms with E-state index in [2.05, 4.69) is 5.32 Å². The molecule has 2 aromatic rings. The summed E-state index contributed by atoms with van der Waals surface area (Å²) in [6.45, 7) is 1.97. The third-order valence-electron chi connectivity index (χ3n) is 4.01. The zero-order valence-electron chi connectivity index (χ0n) is 13.8. The molecule has 0 aromatic heterocycles. The molecule has 3 rings (SSSR count). The molecule has 5 heteroatoms. The maximum atomic E-state index is 12.5. The summed E-state index contributed by atoms with van der Waals surface area (Å²) in [6.07, 6.45) is -0.0153. The molecule has 0 saturated heterocycles. The summed E-state index contributed by atoms with van der Waals surface area (Å²) < 4.78 is 5.68. The van der Waals surface area contributed by atoms with Crippen LogP contribution in [0.4, 0.5) is 5.69 Å². The molecule has 0 bridgehead atoms. The Morgan fingerprint density at radius 3 is 2.58 bits per heavy atom. The second-order valence-electron chi connectivity index (χ2n) is 6.03. The number of likely N-dealkylation sites (N-methyl/N-ethyl adjacent to an activating group) is 1. The minimum absolute atomic E-state index is 0.0110. The van der Waals surface area contributed by atoms with Gasteiger partial charge in [-0.3, -0.25) is 9.59 Å². The van der Waals surface area contributed by atoms with Gasteiger partial charge in [0.2, 0.25) is 5.91 Å². The lowest BCUT2D eigenvalue weighted by Crippen LogP contribution is -2.42. The Bertz CT molecular complexity index is 730. The Morgan fingerprint density at radius 1 is 1.17 bits per heavy atom. The normalized spacial score (nSPS) is 15.3. The number of amides is 2. The van der Waals surface area contributed by atoms with Gasteiger partial charge < -0.3 is 15.0 Å². The molecule has 2 amide bonds. The monoisotopic (exact) mass is 324 g/mol. The van der Waals surface area contributed by atoms with Crippen molar-refractivity contribution in [2.45, 2.75) is 19.4 Å². The summed E-state index contributed by atoms with van der Waals surface area (Å²) in [5.41, 5.74) is 2.86. The Balaban J connectivity index is 1.55. The number of hydrogen-bond donors (Lipinski definition) is 1. The number of anilines is 1. The molecule has 1 heterocycles. The maximum Gasteiger partial charge on any atom is 0.264 e. The second kappa shape index (κ2) is 6.74. The molecule has 0 fully saturated rings. The third-order valence-corrected chi connectivity index (χ3v) is 4.01. The molecule has 0 spiro atoms. The number of aryl methyl sites for hydroxylation is 1. The summed E-state index contributed by atoms with van der Waals surface area (Å²) >= 11 is 0. The summed E-state index contributed by atoms with van der Waals surface area (Å²) in [4.78, 5) is 26.0. The Hall–Kier alpha value is -2.82. The number of ether oxygens (including phenoxy) is 1. The molecule has 1 N–H and O–H groups in total. The fraction of sp³-hybridized carbons (Fsp3) is 0.263. The van der Waals surface area contributed by atoms with E-state index in [1.807, 2.05) is 55.5 Å². The second-order valence-corrected chi connectivity index (χ2v) is 6.03. The van der Waals surface area contributed by atoms with Crippen LogP contribution in [0, 0.1) is 6.92 Å². The van der Waals surface area contributed by atoms with Gasteiger partial charge >= 0.3 is 0 Å². The number of para-hydroxylation sites is 1. The molecule has 0 radical (unpaired) electrons. The average Bonchev–Trinajstić information content (AvgIpc) is 3.00. The summed E-state index contributed by atoms with van der Waals surface area (Å²) in [6, 6.07) is 15.1. The molecule has 0 unspecified atom stereocenters. The molecule has 5 nitrogen and oxygen atoms in total. The minimum Gasteiger partial charge on any atom is -0.480 e. The van der Waals surface area contributed by atoms with Gasteiger partial charge in [-0.15, -0.1) is 0 Å². The van der Waals surface area contributed by atoms with Crippen molar-refractivity contribution in [3.8, 4) is 5.75 Å². The predicted molar refractivity (Wildman–Crippen MR) is 92.0 cm³/mol. The highest BCUT2D eigenvalue weighted by Crippen LogP contribution is 2.28. The van der Waals surface area contributed by atoms with E-state index < -0.39 is 6.10 Å². The largest absolute Gasteiger partial charge is 0.480 e. The number of rotatable bonds is 4. The predicted octanol–water partition coefficient (Wildman–Crippen LogP) is 2.40. The Labute approximate surface area is 141 Å². The fourth-order valence-corrected chi connectivity index (χ4v) is 2.70. The van der Waals surface area contributed by atoms with Gasteiger partial charge in [0.15, 0.2) is 6.10 Å². The average molecular weight is 324 g/mol. The SMILES string of the molecule is Cc1ccc(NC(=O)CN(C)C(=O)[C@@H]2Cc3ccccc3O2)cc1. The first-order chi connectivity index (χ1) is 11.5. The number of hydrogen-bond acceptors (Lipinski definition) is 3. The van der Waals surface area contributed by atoms with Gasteiger partial charge in [0.25, 0.3) is 5.91 Å². The van der Waals surface area contributed by atoms with E-state index in [1.54, 1.807) is 7.05 Å². The highest BCUT2D eigenvalue weighted by Gasteiger charge is 2.31. The van der Waals surface area contributed by atoms with Gasteiger partial charge in [-0.05, 0) is 30.7 Å². The minimum atomic E-state index is -0.556. The van der Waals surface area contributed by atoms with Crippen LogP contribution in [-0.2, 0) is 16.0 Å². The summed E-state index contributed by atoms with van der Waals surface area (Å²) in [5, 5.41) is 2.79. The summed E-state index contributed by atoms with van der Waals surface area (Å²) in [5.74, 6) is 0.323. The van der Waals surface area contributed by atoms with E-state index in [4.69, 9.17) is 4.74 Å². The van der Waals surface area contributed by atoms with Gasteiger partial charge in [0.05, 0.1) is 6.54 Å². The van der Waals surface area contributed by atoms with Crippen molar-refractivity contribution in [2.75, 3.05) is 18.9 Å². The lowest BCUT2D eigenvalue weighted by atomic mass is 10.1. The zero-order valence-corrected chi connectivity index (χ0v) is 13.8. The molecule has 1 aliphatic heterocycles. The lowest BCUT2D eigenvalue weighted by Gasteiger charge is -2.20. The van der Waals surface area contributed by atoms with Crippen LogP contribution in [0.25, 0.3) is 0 Å². The van der Waals surface area contributed by atoms with E-state index in [-0.39, 0.29) is 18.4 Å². The van der Waals surface area contributed by atoms with Crippen LogP contribution in [0.15, 0.2) is 48.5 Å². The van der Waals surface area contributed by atoms with Crippen LogP contribution >= 0.6 is 0 Å².